The van der Waals surface area contributed by atoms with Crippen molar-refractivity contribution in [2.24, 2.45) is 5.73 Å². The molecule has 3 nitrogen and oxygen atoms in total. The van der Waals surface area contributed by atoms with E-state index in [4.69, 9.17) is 23.1 Å². The van der Waals surface area contributed by atoms with Crippen LogP contribution in [0.1, 0.15) is 11.1 Å². The van der Waals surface area contributed by atoms with Crippen LogP contribution in [0.15, 0.2) is 18.2 Å². The number of aryl methyl sites for hydroxylation is 1. The molecule has 0 bridgehead atoms. The molecule has 1 aromatic carbocycles. The Morgan fingerprint density at radius 3 is 2.71 bits per heavy atom. The van der Waals surface area contributed by atoms with Crippen LogP contribution in [0.25, 0.3) is 6.08 Å². The highest BCUT2D eigenvalue weighted by Gasteiger charge is 2.00. The summed E-state index contributed by atoms with van der Waals surface area (Å²) < 4.78 is 0. The molecule has 1 amide bonds. The number of rotatable bonds is 2. The molecule has 0 spiro atoms. The lowest BCUT2D eigenvalue weighted by Crippen LogP contribution is -2.05. The van der Waals surface area contributed by atoms with Gasteiger partial charge in [0.2, 0.25) is 5.91 Å². The molecule has 0 aliphatic heterocycles. The van der Waals surface area contributed by atoms with Gasteiger partial charge in [0.1, 0.15) is 0 Å². The first-order valence-corrected chi connectivity index (χ1v) is 4.41. The number of halogens is 1. The Morgan fingerprint density at radius 2 is 2.14 bits per heavy atom. The maximum atomic E-state index is 10.5. The third-order valence-corrected chi connectivity index (χ3v) is 2.14. The van der Waals surface area contributed by atoms with E-state index in [2.05, 4.69) is 0 Å². The van der Waals surface area contributed by atoms with E-state index in [9.17, 15) is 4.79 Å². The number of benzene rings is 1. The molecule has 4 N–H and O–H groups in total. The molecule has 0 radical (unpaired) electrons. The average molecular weight is 211 g/mol. The molecule has 74 valence electrons. The maximum Gasteiger partial charge on any atom is 0.241 e. The van der Waals surface area contributed by atoms with E-state index in [0.717, 1.165) is 11.1 Å². The van der Waals surface area contributed by atoms with Gasteiger partial charge in [-0.15, -0.1) is 0 Å². The highest BCUT2D eigenvalue weighted by molar-refractivity contribution is 6.32. The number of hydrogen-bond donors (Lipinski definition) is 2. The van der Waals surface area contributed by atoms with Crippen molar-refractivity contribution in [3.05, 3.63) is 34.4 Å². The van der Waals surface area contributed by atoms with Crippen LogP contribution in [0.2, 0.25) is 5.02 Å². The van der Waals surface area contributed by atoms with E-state index in [-0.39, 0.29) is 0 Å². The second-order valence-electron chi connectivity index (χ2n) is 2.97. The van der Waals surface area contributed by atoms with Crippen LogP contribution in [0.3, 0.4) is 0 Å². The molecule has 0 aliphatic rings. The third-order valence-electron chi connectivity index (χ3n) is 1.81. The summed E-state index contributed by atoms with van der Waals surface area (Å²) in [5.74, 6) is -0.504. The second-order valence-corrected chi connectivity index (χ2v) is 3.37. The predicted molar refractivity (Wildman–Crippen MR) is 58.8 cm³/mol. The van der Waals surface area contributed by atoms with Gasteiger partial charge in [0.15, 0.2) is 0 Å². The van der Waals surface area contributed by atoms with Gasteiger partial charge in [-0.3, -0.25) is 4.79 Å². The molecule has 0 fully saturated rings. The molecule has 1 rings (SSSR count). The molecule has 0 heterocycles. The normalized spacial score (nSPS) is 10.7. The Hall–Kier alpha value is -1.48. The zero-order valence-electron chi connectivity index (χ0n) is 7.75. The molecule has 0 aliphatic carbocycles. The number of carbonyl (C=O) groups excluding carboxylic acids is 1. The van der Waals surface area contributed by atoms with E-state index in [0.29, 0.717) is 10.7 Å². The Labute approximate surface area is 87.3 Å². The summed E-state index contributed by atoms with van der Waals surface area (Å²) >= 11 is 5.90. The molecule has 4 heteroatoms. The third kappa shape index (κ3) is 2.50. The summed E-state index contributed by atoms with van der Waals surface area (Å²) in [6, 6.07) is 3.45. The Bertz CT molecular complexity index is 399. The minimum Gasteiger partial charge on any atom is -0.398 e. The second kappa shape index (κ2) is 4.15. The topological polar surface area (TPSA) is 69.1 Å². The highest BCUT2D eigenvalue weighted by atomic mass is 35.5. The van der Waals surface area contributed by atoms with Gasteiger partial charge >= 0.3 is 0 Å². The van der Waals surface area contributed by atoms with Gasteiger partial charge in [0.25, 0.3) is 0 Å². The Balaban J connectivity index is 3.10. The summed E-state index contributed by atoms with van der Waals surface area (Å²) in [6.45, 7) is 1.87. The minimum absolute atomic E-state index is 0.504. The first-order chi connectivity index (χ1) is 6.50. The number of primary amides is 1. The largest absolute Gasteiger partial charge is 0.398 e. The number of carbonyl (C=O) groups is 1. The molecule has 1 aromatic rings. The van der Waals surface area contributed by atoms with Crippen molar-refractivity contribution >= 4 is 29.3 Å². The van der Waals surface area contributed by atoms with Crippen molar-refractivity contribution in [3.63, 3.8) is 0 Å². The van der Waals surface area contributed by atoms with E-state index in [1.54, 1.807) is 18.2 Å². The van der Waals surface area contributed by atoms with Gasteiger partial charge in [-0.25, -0.2) is 0 Å². The fourth-order valence-corrected chi connectivity index (χ4v) is 1.25. The standard InChI is InChI=1S/C10H11ClN2O/c1-6-4-7(2-3-10(13)14)8(11)5-9(6)12/h2-5H,12H2,1H3,(H2,13,14). The lowest BCUT2D eigenvalue weighted by Gasteiger charge is -2.03. The number of nitrogens with two attached hydrogens (primary N) is 2. The van der Waals surface area contributed by atoms with Gasteiger partial charge in [-0.05, 0) is 36.3 Å². The van der Waals surface area contributed by atoms with Crippen LogP contribution in [0, 0.1) is 6.92 Å². The quantitative estimate of drug-likeness (QED) is 0.577. The number of nitrogen functional groups attached to an aromatic ring is 1. The number of amides is 1. The fourth-order valence-electron chi connectivity index (χ4n) is 1.02. The van der Waals surface area contributed by atoms with Gasteiger partial charge in [0.05, 0.1) is 0 Å². The van der Waals surface area contributed by atoms with Crippen molar-refractivity contribution in [2.75, 3.05) is 5.73 Å². The summed E-state index contributed by atoms with van der Waals surface area (Å²) in [4.78, 5) is 10.5. The zero-order chi connectivity index (χ0) is 10.7. The van der Waals surface area contributed by atoms with Gasteiger partial charge < -0.3 is 11.5 Å². The van der Waals surface area contributed by atoms with Crippen molar-refractivity contribution < 1.29 is 4.79 Å². The van der Waals surface area contributed by atoms with Crippen molar-refractivity contribution in [1.29, 1.82) is 0 Å². The van der Waals surface area contributed by atoms with Crippen LogP contribution in [0.5, 0.6) is 0 Å². The molecule has 0 saturated heterocycles. The average Bonchev–Trinajstić information content (AvgIpc) is 2.09. The smallest absolute Gasteiger partial charge is 0.241 e. The molecule has 14 heavy (non-hydrogen) atoms. The van der Waals surface area contributed by atoms with Crippen molar-refractivity contribution in [3.8, 4) is 0 Å². The van der Waals surface area contributed by atoms with Gasteiger partial charge in [-0.2, -0.15) is 0 Å². The molecule has 0 atom stereocenters. The van der Waals surface area contributed by atoms with E-state index >= 15 is 0 Å². The van der Waals surface area contributed by atoms with E-state index < -0.39 is 5.91 Å². The SMILES string of the molecule is Cc1cc(C=CC(N)=O)c(Cl)cc1N. The molecule has 0 saturated carbocycles. The summed E-state index contributed by atoms with van der Waals surface area (Å²) in [6.07, 6.45) is 2.83. The van der Waals surface area contributed by atoms with Crippen LogP contribution < -0.4 is 11.5 Å². The van der Waals surface area contributed by atoms with Crippen molar-refractivity contribution in [1.82, 2.24) is 0 Å². The van der Waals surface area contributed by atoms with Crippen LogP contribution in [-0.4, -0.2) is 5.91 Å². The number of hydrogen-bond acceptors (Lipinski definition) is 2. The maximum absolute atomic E-state index is 10.5. The lowest BCUT2D eigenvalue weighted by atomic mass is 10.1. The first-order valence-electron chi connectivity index (χ1n) is 4.04. The molecule has 0 aromatic heterocycles. The molecular weight excluding hydrogens is 200 g/mol. The molecular formula is C10H11ClN2O. The minimum atomic E-state index is -0.504. The zero-order valence-corrected chi connectivity index (χ0v) is 8.51. The highest BCUT2D eigenvalue weighted by Crippen LogP contribution is 2.23. The van der Waals surface area contributed by atoms with Crippen LogP contribution in [0.4, 0.5) is 5.69 Å². The van der Waals surface area contributed by atoms with Gasteiger partial charge in [0, 0.05) is 16.8 Å². The molecule has 0 unspecified atom stereocenters. The Morgan fingerprint density at radius 1 is 1.50 bits per heavy atom. The summed E-state index contributed by atoms with van der Waals surface area (Å²) in [5.41, 5.74) is 12.9. The van der Waals surface area contributed by atoms with E-state index in [1.165, 1.54) is 6.08 Å². The first kappa shape index (κ1) is 10.6. The predicted octanol–water partition coefficient (Wildman–Crippen LogP) is 1.73. The monoisotopic (exact) mass is 210 g/mol. The summed E-state index contributed by atoms with van der Waals surface area (Å²) in [7, 11) is 0. The Kier molecular flexibility index (Phi) is 3.14. The van der Waals surface area contributed by atoms with Crippen LogP contribution >= 0.6 is 11.6 Å². The van der Waals surface area contributed by atoms with Crippen molar-refractivity contribution in [2.45, 2.75) is 6.92 Å². The number of anilines is 1. The fraction of sp³-hybridized carbons (Fsp3) is 0.100. The lowest BCUT2D eigenvalue weighted by molar-refractivity contribution is -0.113. The van der Waals surface area contributed by atoms with Gasteiger partial charge in [-0.1, -0.05) is 11.6 Å². The summed E-state index contributed by atoms with van der Waals surface area (Å²) in [5, 5.41) is 0.505. The van der Waals surface area contributed by atoms with E-state index in [1.807, 2.05) is 6.92 Å². The van der Waals surface area contributed by atoms with Crippen LogP contribution in [-0.2, 0) is 4.79 Å².